The Bertz CT molecular complexity index is 412. The summed E-state index contributed by atoms with van der Waals surface area (Å²) >= 11 is 9.95. The van der Waals surface area contributed by atoms with E-state index in [4.69, 9.17) is 17.3 Å². The van der Waals surface area contributed by atoms with Gasteiger partial charge in [0.2, 0.25) is 5.91 Å². The predicted octanol–water partition coefficient (Wildman–Crippen LogP) is 1.35. The second-order valence-electron chi connectivity index (χ2n) is 3.40. The maximum atomic E-state index is 11.6. The van der Waals surface area contributed by atoms with E-state index >= 15 is 0 Å². The Morgan fingerprint density at radius 2 is 2.33 bits per heavy atom. The molecule has 0 bridgehead atoms. The fraction of sp³-hybridized carbons (Fsp3) is 0.333. The van der Waals surface area contributed by atoms with Crippen LogP contribution in [0.25, 0.3) is 0 Å². The third-order valence-electron chi connectivity index (χ3n) is 2.26. The fourth-order valence-corrected chi connectivity index (χ4v) is 2.07. The van der Waals surface area contributed by atoms with Crippen LogP contribution in [0.5, 0.6) is 0 Å². The number of carbonyl (C=O) groups is 1. The molecule has 1 unspecified atom stereocenters. The molecule has 0 saturated carbocycles. The maximum Gasteiger partial charge on any atom is 0.228 e. The topological polar surface area (TPSA) is 59.2 Å². The van der Waals surface area contributed by atoms with Crippen molar-refractivity contribution >= 4 is 41.6 Å². The highest BCUT2D eigenvalue weighted by Gasteiger charge is 2.29. The molecule has 15 heavy (non-hydrogen) atoms. The van der Waals surface area contributed by atoms with Gasteiger partial charge in [0.05, 0.1) is 5.69 Å². The second-order valence-corrected chi connectivity index (χ2v) is 4.52. The average Bonchev–Trinajstić information content (AvgIpc) is 2.45. The van der Waals surface area contributed by atoms with Crippen LogP contribution in [-0.4, -0.2) is 22.7 Å². The van der Waals surface area contributed by atoms with E-state index < -0.39 is 0 Å². The molecule has 0 spiro atoms. The Morgan fingerprint density at radius 1 is 1.60 bits per heavy atom. The lowest BCUT2D eigenvalue weighted by molar-refractivity contribution is -0.117. The van der Waals surface area contributed by atoms with Crippen molar-refractivity contribution in [2.24, 2.45) is 0 Å². The largest absolute Gasteiger partial charge is 0.382 e. The summed E-state index contributed by atoms with van der Waals surface area (Å²) < 4.78 is 0. The first-order valence-electron chi connectivity index (χ1n) is 4.48. The normalized spacial score (nSPS) is 21.1. The zero-order valence-electron chi connectivity index (χ0n) is 7.85. The molecule has 2 rings (SSSR count). The third-order valence-corrected chi connectivity index (χ3v) is 2.82. The molecule has 0 radical (unpaired) electrons. The minimum absolute atomic E-state index is 0.0193. The summed E-state index contributed by atoms with van der Waals surface area (Å²) in [4.78, 5) is 17.1. The molecule has 1 aromatic rings. The minimum atomic E-state index is 0.0193. The van der Waals surface area contributed by atoms with Gasteiger partial charge in [-0.05, 0) is 12.1 Å². The fourth-order valence-electron chi connectivity index (χ4n) is 1.59. The zero-order valence-corrected chi connectivity index (χ0v) is 9.50. The van der Waals surface area contributed by atoms with Gasteiger partial charge in [0.1, 0.15) is 11.0 Å². The number of halogens is 1. The SMILES string of the molecule is Nc1nc(Cl)ccc1N1CC(S)CC1=O. The van der Waals surface area contributed by atoms with Gasteiger partial charge in [-0.3, -0.25) is 4.79 Å². The molecule has 80 valence electrons. The van der Waals surface area contributed by atoms with Crippen LogP contribution in [0.4, 0.5) is 11.5 Å². The molecule has 1 atom stereocenters. The summed E-state index contributed by atoms with van der Waals surface area (Å²) in [5.74, 6) is 0.295. The highest BCUT2D eigenvalue weighted by Crippen LogP contribution is 2.28. The molecule has 1 fully saturated rings. The van der Waals surface area contributed by atoms with Crippen LogP contribution in [0.1, 0.15) is 6.42 Å². The lowest BCUT2D eigenvalue weighted by Gasteiger charge is -2.17. The van der Waals surface area contributed by atoms with Crippen molar-refractivity contribution < 1.29 is 4.79 Å². The van der Waals surface area contributed by atoms with E-state index in [9.17, 15) is 4.79 Å². The van der Waals surface area contributed by atoms with Crippen molar-refractivity contribution in [3.05, 3.63) is 17.3 Å². The molecule has 4 nitrogen and oxygen atoms in total. The Balaban J connectivity index is 2.34. The summed E-state index contributed by atoms with van der Waals surface area (Å²) in [6.07, 6.45) is 0.436. The van der Waals surface area contributed by atoms with Gasteiger partial charge >= 0.3 is 0 Å². The van der Waals surface area contributed by atoms with Gasteiger partial charge in [0.25, 0.3) is 0 Å². The third kappa shape index (κ3) is 2.03. The van der Waals surface area contributed by atoms with Crippen LogP contribution in [0, 0.1) is 0 Å². The van der Waals surface area contributed by atoms with Gasteiger partial charge < -0.3 is 10.6 Å². The van der Waals surface area contributed by atoms with Crippen molar-refractivity contribution in [1.82, 2.24) is 4.98 Å². The Morgan fingerprint density at radius 3 is 2.87 bits per heavy atom. The van der Waals surface area contributed by atoms with Crippen molar-refractivity contribution in [3.63, 3.8) is 0 Å². The number of rotatable bonds is 1. The summed E-state index contributed by atoms with van der Waals surface area (Å²) in [5.41, 5.74) is 6.31. The first kappa shape index (κ1) is 10.6. The number of amides is 1. The number of hydrogen-bond donors (Lipinski definition) is 2. The number of thiol groups is 1. The molecule has 2 N–H and O–H groups in total. The number of nitrogens with two attached hydrogens (primary N) is 1. The Hall–Kier alpha value is -0.940. The molecule has 2 heterocycles. The van der Waals surface area contributed by atoms with Crippen LogP contribution in [0.3, 0.4) is 0 Å². The number of anilines is 2. The van der Waals surface area contributed by atoms with Gasteiger partial charge in [0, 0.05) is 18.2 Å². The van der Waals surface area contributed by atoms with Gasteiger partial charge in [-0.25, -0.2) is 4.98 Å². The zero-order chi connectivity index (χ0) is 11.0. The lowest BCUT2D eigenvalue weighted by atomic mass is 10.3. The number of aromatic nitrogens is 1. The standard InChI is InChI=1S/C9H10ClN3OS/c10-7-2-1-6(9(11)12-7)13-4-5(15)3-8(13)14/h1-2,5,15H,3-4H2,(H2,11,12). The predicted molar refractivity (Wildman–Crippen MR) is 63.4 cm³/mol. The van der Waals surface area contributed by atoms with E-state index in [1.807, 2.05) is 0 Å². The van der Waals surface area contributed by atoms with Crippen molar-refractivity contribution in [2.45, 2.75) is 11.7 Å². The number of nitrogens with zero attached hydrogens (tertiary/aromatic N) is 2. The molecule has 0 aliphatic carbocycles. The molecule has 1 amide bonds. The van der Waals surface area contributed by atoms with Crippen LogP contribution in [0.2, 0.25) is 5.15 Å². The summed E-state index contributed by atoms with van der Waals surface area (Å²) in [6, 6.07) is 3.32. The van der Waals surface area contributed by atoms with Crippen molar-refractivity contribution in [2.75, 3.05) is 17.2 Å². The Kier molecular flexibility index (Phi) is 2.75. The summed E-state index contributed by atoms with van der Waals surface area (Å²) in [6.45, 7) is 0.565. The number of nitrogen functional groups attached to an aromatic ring is 1. The monoisotopic (exact) mass is 243 g/mol. The number of pyridine rings is 1. The second kappa shape index (κ2) is 3.90. The quantitative estimate of drug-likeness (QED) is 0.578. The van der Waals surface area contributed by atoms with E-state index in [1.165, 1.54) is 0 Å². The lowest BCUT2D eigenvalue weighted by Crippen LogP contribution is -2.25. The minimum Gasteiger partial charge on any atom is -0.382 e. The van der Waals surface area contributed by atoms with E-state index in [0.29, 0.717) is 23.8 Å². The van der Waals surface area contributed by atoms with E-state index in [1.54, 1.807) is 17.0 Å². The first-order chi connectivity index (χ1) is 7.08. The summed E-state index contributed by atoms with van der Waals surface area (Å²) in [7, 11) is 0. The van der Waals surface area contributed by atoms with Crippen LogP contribution in [-0.2, 0) is 4.79 Å². The first-order valence-corrected chi connectivity index (χ1v) is 5.38. The molecular weight excluding hydrogens is 234 g/mol. The van der Waals surface area contributed by atoms with E-state index in [-0.39, 0.29) is 17.0 Å². The van der Waals surface area contributed by atoms with Gasteiger partial charge in [-0.2, -0.15) is 12.6 Å². The molecule has 6 heteroatoms. The molecule has 1 aromatic heterocycles. The van der Waals surface area contributed by atoms with Crippen molar-refractivity contribution in [1.29, 1.82) is 0 Å². The smallest absolute Gasteiger partial charge is 0.228 e. The molecule has 1 aliphatic heterocycles. The molecule has 0 aromatic carbocycles. The van der Waals surface area contributed by atoms with Crippen LogP contribution < -0.4 is 10.6 Å². The average molecular weight is 244 g/mol. The highest BCUT2D eigenvalue weighted by molar-refractivity contribution is 7.81. The molecule has 1 aliphatic rings. The van der Waals surface area contributed by atoms with Gasteiger partial charge in [-0.1, -0.05) is 11.6 Å². The summed E-state index contributed by atoms with van der Waals surface area (Å²) in [5, 5.41) is 0.387. The van der Waals surface area contributed by atoms with Crippen LogP contribution >= 0.6 is 24.2 Å². The molecular formula is C9H10ClN3OS. The molecule has 1 saturated heterocycles. The number of carbonyl (C=O) groups excluding carboxylic acids is 1. The van der Waals surface area contributed by atoms with Crippen LogP contribution in [0.15, 0.2) is 12.1 Å². The van der Waals surface area contributed by atoms with E-state index in [0.717, 1.165) is 0 Å². The maximum absolute atomic E-state index is 11.6. The van der Waals surface area contributed by atoms with Crippen molar-refractivity contribution in [3.8, 4) is 0 Å². The highest BCUT2D eigenvalue weighted by atomic mass is 35.5. The van der Waals surface area contributed by atoms with Gasteiger partial charge in [-0.15, -0.1) is 0 Å². The van der Waals surface area contributed by atoms with E-state index in [2.05, 4.69) is 17.6 Å². The Labute approximate surface area is 97.8 Å². The van der Waals surface area contributed by atoms with Gasteiger partial charge in [0.15, 0.2) is 0 Å². The number of hydrogen-bond acceptors (Lipinski definition) is 4.